The second kappa shape index (κ2) is 4.54. The summed E-state index contributed by atoms with van der Waals surface area (Å²) in [6.45, 7) is 4.74. The van der Waals surface area contributed by atoms with E-state index in [-0.39, 0.29) is 11.5 Å². The smallest absolute Gasteiger partial charge is 0.131 e. The van der Waals surface area contributed by atoms with Crippen LogP contribution in [0.1, 0.15) is 26.7 Å². The summed E-state index contributed by atoms with van der Waals surface area (Å²) >= 11 is 6.35. The van der Waals surface area contributed by atoms with Gasteiger partial charge in [0.1, 0.15) is 11.9 Å². The number of allylic oxidation sites excluding steroid dienone is 8. The van der Waals surface area contributed by atoms with Gasteiger partial charge in [0.15, 0.2) is 0 Å². The third-order valence-corrected chi connectivity index (χ3v) is 6.64. The molecule has 118 valence electrons. The average molecular weight is 325 g/mol. The van der Waals surface area contributed by atoms with Crippen molar-refractivity contribution in [1.82, 2.24) is 0 Å². The third kappa shape index (κ3) is 1.75. The molecular formula is C21H21ClO. The molecule has 0 saturated heterocycles. The number of halogens is 1. The first-order valence-corrected chi connectivity index (χ1v) is 8.99. The molecule has 0 amide bonds. The van der Waals surface area contributed by atoms with Crippen molar-refractivity contribution in [3.8, 4) is 0 Å². The normalized spacial score (nSPS) is 38.8. The summed E-state index contributed by atoms with van der Waals surface area (Å²) in [6.07, 6.45) is 18.1. The average Bonchev–Trinajstić information content (AvgIpc) is 3.01. The molecule has 0 aromatic carbocycles. The minimum atomic E-state index is 0.157. The van der Waals surface area contributed by atoms with Gasteiger partial charge >= 0.3 is 0 Å². The lowest BCUT2D eigenvalue weighted by Crippen LogP contribution is -2.30. The SMILES string of the molecule is CC1(C)C2=CC=C3C4=C(C=CCC4)OC3C2C2C=C(Cl)C=CC21. The first kappa shape index (κ1) is 13.9. The molecule has 4 atom stereocenters. The lowest BCUT2D eigenvalue weighted by Gasteiger charge is -2.31. The minimum Gasteiger partial charge on any atom is -0.485 e. The Kier molecular flexibility index (Phi) is 2.75. The monoisotopic (exact) mass is 324 g/mol. The van der Waals surface area contributed by atoms with Crippen LogP contribution in [0, 0.1) is 23.2 Å². The van der Waals surface area contributed by atoms with Crippen LogP contribution >= 0.6 is 11.6 Å². The van der Waals surface area contributed by atoms with E-state index >= 15 is 0 Å². The summed E-state index contributed by atoms with van der Waals surface area (Å²) in [4.78, 5) is 0. The molecule has 5 rings (SSSR count). The molecule has 0 bridgehead atoms. The van der Waals surface area contributed by atoms with E-state index in [0.717, 1.165) is 23.6 Å². The zero-order valence-corrected chi connectivity index (χ0v) is 14.3. The first-order chi connectivity index (χ1) is 11.1. The molecule has 4 unspecified atom stereocenters. The number of hydrogen-bond acceptors (Lipinski definition) is 1. The van der Waals surface area contributed by atoms with Crippen molar-refractivity contribution in [2.24, 2.45) is 23.2 Å². The minimum absolute atomic E-state index is 0.157. The van der Waals surface area contributed by atoms with Crippen molar-refractivity contribution in [2.45, 2.75) is 32.8 Å². The summed E-state index contributed by atoms with van der Waals surface area (Å²) in [6, 6.07) is 0. The van der Waals surface area contributed by atoms with Gasteiger partial charge in [-0.25, -0.2) is 0 Å². The number of hydrogen-bond donors (Lipinski definition) is 0. The van der Waals surface area contributed by atoms with Crippen LogP contribution in [0.5, 0.6) is 0 Å². The number of fused-ring (bicyclic) bond motifs is 6. The van der Waals surface area contributed by atoms with Gasteiger partial charge < -0.3 is 4.74 Å². The van der Waals surface area contributed by atoms with E-state index in [1.54, 1.807) is 0 Å². The van der Waals surface area contributed by atoms with E-state index in [9.17, 15) is 0 Å². The Morgan fingerprint density at radius 1 is 1.22 bits per heavy atom. The summed E-state index contributed by atoms with van der Waals surface area (Å²) in [5.41, 5.74) is 4.52. The first-order valence-electron chi connectivity index (χ1n) is 8.62. The van der Waals surface area contributed by atoms with Crippen molar-refractivity contribution < 1.29 is 4.74 Å². The van der Waals surface area contributed by atoms with Crippen LogP contribution in [-0.2, 0) is 4.74 Å². The fourth-order valence-corrected chi connectivity index (χ4v) is 5.51. The Morgan fingerprint density at radius 3 is 2.96 bits per heavy atom. The van der Waals surface area contributed by atoms with Gasteiger partial charge in [-0.15, -0.1) is 0 Å². The molecule has 4 aliphatic carbocycles. The highest BCUT2D eigenvalue weighted by Crippen LogP contribution is 2.61. The van der Waals surface area contributed by atoms with Gasteiger partial charge in [0.2, 0.25) is 0 Å². The van der Waals surface area contributed by atoms with Gasteiger partial charge in [0.25, 0.3) is 0 Å². The van der Waals surface area contributed by atoms with Gasteiger partial charge in [-0.2, -0.15) is 0 Å². The third-order valence-electron chi connectivity index (χ3n) is 6.39. The van der Waals surface area contributed by atoms with Crippen LogP contribution in [-0.4, -0.2) is 6.10 Å². The zero-order chi connectivity index (χ0) is 15.8. The fourth-order valence-electron chi connectivity index (χ4n) is 5.29. The second-order valence-corrected chi connectivity index (χ2v) is 8.26. The standard InChI is InChI=1S/C21H21ClO/c1-21(2)16-9-7-12(22)11-15(16)19-17(21)10-8-14-13-5-3-4-6-18(13)23-20(14)19/h4,6-11,15-16,19-20H,3,5H2,1-2H3. The molecule has 0 N–H and O–H groups in total. The molecule has 0 aromatic rings. The van der Waals surface area contributed by atoms with Crippen molar-refractivity contribution in [1.29, 1.82) is 0 Å². The Morgan fingerprint density at radius 2 is 2.09 bits per heavy atom. The van der Waals surface area contributed by atoms with Crippen molar-refractivity contribution >= 4 is 11.6 Å². The maximum absolute atomic E-state index is 6.45. The summed E-state index contributed by atoms with van der Waals surface area (Å²) < 4.78 is 6.45. The van der Waals surface area contributed by atoms with Crippen molar-refractivity contribution in [3.63, 3.8) is 0 Å². The number of rotatable bonds is 0. The molecule has 0 radical (unpaired) electrons. The fraction of sp³-hybridized carbons (Fsp3) is 0.429. The maximum Gasteiger partial charge on any atom is 0.131 e. The molecule has 2 heteroatoms. The summed E-state index contributed by atoms with van der Waals surface area (Å²) in [7, 11) is 0. The van der Waals surface area contributed by atoms with Gasteiger partial charge in [0, 0.05) is 16.5 Å². The van der Waals surface area contributed by atoms with Crippen molar-refractivity contribution in [3.05, 3.63) is 70.0 Å². The topological polar surface area (TPSA) is 9.23 Å². The molecule has 5 aliphatic rings. The van der Waals surface area contributed by atoms with Crippen LogP contribution in [0.15, 0.2) is 70.0 Å². The predicted molar refractivity (Wildman–Crippen MR) is 93.8 cm³/mol. The Hall–Kier alpha value is -1.47. The number of ether oxygens (including phenoxy) is 1. The lowest BCUT2D eigenvalue weighted by atomic mass is 9.75. The van der Waals surface area contributed by atoms with Gasteiger partial charge in [-0.1, -0.05) is 61.4 Å². The lowest BCUT2D eigenvalue weighted by molar-refractivity contribution is 0.118. The molecule has 1 nitrogen and oxygen atoms in total. The molecule has 23 heavy (non-hydrogen) atoms. The Bertz CT molecular complexity index is 772. The van der Waals surface area contributed by atoms with E-state index in [1.807, 2.05) is 0 Å². The van der Waals surface area contributed by atoms with Crippen LogP contribution in [0.3, 0.4) is 0 Å². The zero-order valence-electron chi connectivity index (χ0n) is 13.6. The van der Waals surface area contributed by atoms with Crippen LogP contribution in [0.25, 0.3) is 0 Å². The Labute approximate surface area is 142 Å². The van der Waals surface area contributed by atoms with E-state index < -0.39 is 0 Å². The van der Waals surface area contributed by atoms with Crippen molar-refractivity contribution in [2.75, 3.05) is 0 Å². The van der Waals surface area contributed by atoms with E-state index in [0.29, 0.717) is 17.8 Å². The molecule has 1 heterocycles. The highest BCUT2D eigenvalue weighted by Gasteiger charge is 2.56. The molecule has 0 aromatic heterocycles. The van der Waals surface area contributed by atoms with Crippen LogP contribution < -0.4 is 0 Å². The Balaban J connectivity index is 1.63. The molecule has 1 aliphatic heterocycles. The van der Waals surface area contributed by atoms with Gasteiger partial charge in [-0.05, 0) is 47.8 Å². The van der Waals surface area contributed by atoms with Crippen LogP contribution in [0.2, 0.25) is 0 Å². The summed E-state index contributed by atoms with van der Waals surface area (Å²) in [5.74, 6) is 2.45. The molecular weight excluding hydrogens is 304 g/mol. The van der Waals surface area contributed by atoms with Gasteiger partial charge in [0.05, 0.1) is 0 Å². The van der Waals surface area contributed by atoms with Gasteiger partial charge in [-0.3, -0.25) is 0 Å². The summed E-state index contributed by atoms with van der Waals surface area (Å²) in [5, 5.41) is 0.870. The molecule has 1 saturated carbocycles. The van der Waals surface area contributed by atoms with Crippen LogP contribution in [0.4, 0.5) is 0 Å². The highest BCUT2D eigenvalue weighted by atomic mass is 35.5. The highest BCUT2D eigenvalue weighted by molar-refractivity contribution is 6.31. The maximum atomic E-state index is 6.45. The quantitative estimate of drug-likeness (QED) is 0.576. The molecule has 0 spiro atoms. The predicted octanol–water partition coefficient (Wildman–Crippen LogP) is 5.44. The largest absolute Gasteiger partial charge is 0.485 e. The second-order valence-electron chi connectivity index (χ2n) is 7.83. The molecule has 1 fully saturated rings. The van der Waals surface area contributed by atoms with E-state index in [1.165, 1.54) is 16.7 Å². The van der Waals surface area contributed by atoms with E-state index in [4.69, 9.17) is 16.3 Å². The van der Waals surface area contributed by atoms with E-state index in [2.05, 4.69) is 56.4 Å².